The van der Waals surface area contributed by atoms with Crippen molar-refractivity contribution >= 4 is 11.5 Å². The number of rotatable bonds is 7. The standard InChI is InChI=1S/C12H20N6O/c1-3-17(4-2)7-8-19-12-11-14-5-6-18(11)9-10(15-12)16-13/h5-6,9,16H,3-4,7-8,13H2,1-2H3. The van der Waals surface area contributed by atoms with Crippen molar-refractivity contribution in [2.75, 3.05) is 31.7 Å². The SMILES string of the molecule is CCN(CC)CCOc1nc(NN)cn2ccnc12. The number of nitrogens with two attached hydrogens (primary N) is 1. The van der Waals surface area contributed by atoms with Crippen molar-refractivity contribution in [2.24, 2.45) is 5.84 Å². The van der Waals surface area contributed by atoms with Crippen LogP contribution >= 0.6 is 0 Å². The molecule has 2 aromatic rings. The summed E-state index contributed by atoms with van der Waals surface area (Å²) in [6, 6.07) is 0. The maximum Gasteiger partial charge on any atom is 0.260 e. The van der Waals surface area contributed by atoms with Gasteiger partial charge < -0.3 is 15.1 Å². The summed E-state index contributed by atoms with van der Waals surface area (Å²) in [5.74, 6) is 6.43. The van der Waals surface area contributed by atoms with Gasteiger partial charge in [-0.25, -0.2) is 10.8 Å². The first-order chi connectivity index (χ1) is 9.28. The molecule has 0 aliphatic rings. The van der Waals surface area contributed by atoms with Gasteiger partial charge in [-0.1, -0.05) is 13.8 Å². The van der Waals surface area contributed by atoms with Crippen molar-refractivity contribution in [3.63, 3.8) is 0 Å². The van der Waals surface area contributed by atoms with Crippen LogP contribution in [0.4, 0.5) is 5.82 Å². The van der Waals surface area contributed by atoms with Crippen LogP contribution in [0.1, 0.15) is 13.8 Å². The van der Waals surface area contributed by atoms with E-state index in [-0.39, 0.29) is 0 Å². The smallest absolute Gasteiger partial charge is 0.260 e. The zero-order valence-corrected chi connectivity index (χ0v) is 11.3. The van der Waals surface area contributed by atoms with E-state index in [1.54, 1.807) is 12.4 Å². The summed E-state index contributed by atoms with van der Waals surface area (Å²) < 4.78 is 7.55. The Bertz CT molecular complexity index is 522. The van der Waals surface area contributed by atoms with E-state index >= 15 is 0 Å². The van der Waals surface area contributed by atoms with Crippen LogP contribution < -0.4 is 16.0 Å². The van der Waals surface area contributed by atoms with Gasteiger partial charge in [-0.15, -0.1) is 0 Å². The zero-order valence-electron chi connectivity index (χ0n) is 11.3. The van der Waals surface area contributed by atoms with Crippen molar-refractivity contribution in [1.82, 2.24) is 19.3 Å². The number of aromatic nitrogens is 3. The Morgan fingerprint density at radius 3 is 2.89 bits per heavy atom. The molecule has 3 N–H and O–H groups in total. The van der Waals surface area contributed by atoms with Gasteiger partial charge in [-0.2, -0.15) is 4.98 Å². The minimum absolute atomic E-state index is 0.493. The molecule has 19 heavy (non-hydrogen) atoms. The first-order valence-electron chi connectivity index (χ1n) is 6.44. The number of fused-ring (bicyclic) bond motifs is 1. The van der Waals surface area contributed by atoms with E-state index in [1.165, 1.54) is 0 Å². The molecule has 0 aliphatic carbocycles. The van der Waals surface area contributed by atoms with Crippen LogP contribution in [-0.4, -0.2) is 45.5 Å². The van der Waals surface area contributed by atoms with Crippen LogP contribution in [-0.2, 0) is 0 Å². The highest BCUT2D eigenvalue weighted by molar-refractivity contribution is 5.53. The molecule has 0 unspecified atom stereocenters. The van der Waals surface area contributed by atoms with Crippen molar-refractivity contribution in [2.45, 2.75) is 13.8 Å². The van der Waals surface area contributed by atoms with Gasteiger partial charge >= 0.3 is 0 Å². The van der Waals surface area contributed by atoms with E-state index in [1.807, 2.05) is 10.6 Å². The normalized spacial score (nSPS) is 11.2. The maximum atomic E-state index is 5.72. The molecule has 0 radical (unpaired) electrons. The monoisotopic (exact) mass is 264 g/mol. The fourth-order valence-corrected chi connectivity index (χ4v) is 1.88. The van der Waals surface area contributed by atoms with Gasteiger partial charge in [-0.3, -0.25) is 4.40 Å². The molecule has 104 valence electrons. The van der Waals surface area contributed by atoms with Gasteiger partial charge in [-0.05, 0) is 13.1 Å². The number of nitrogens with zero attached hydrogens (tertiary/aromatic N) is 4. The van der Waals surface area contributed by atoms with Crippen molar-refractivity contribution < 1.29 is 4.74 Å². The van der Waals surface area contributed by atoms with E-state index in [9.17, 15) is 0 Å². The van der Waals surface area contributed by atoms with Crippen LogP contribution in [0.5, 0.6) is 5.88 Å². The first-order valence-corrected chi connectivity index (χ1v) is 6.44. The van der Waals surface area contributed by atoms with E-state index in [4.69, 9.17) is 10.6 Å². The van der Waals surface area contributed by atoms with Crippen molar-refractivity contribution in [1.29, 1.82) is 0 Å². The lowest BCUT2D eigenvalue weighted by molar-refractivity contribution is 0.219. The number of hydrogen-bond acceptors (Lipinski definition) is 6. The Morgan fingerprint density at radius 1 is 1.42 bits per heavy atom. The van der Waals surface area contributed by atoms with Gasteiger partial charge in [0.1, 0.15) is 6.61 Å². The molecule has 7 heteroatoms. The highest BCUT2D eigenvalue weighted by Gasteiger charge is 2.09. The number of ether oxygens (including phenoxy) is 1. The van der Waals surface area contributed by atoms with Crippen LogP contribution in [0, 0.1) is 0 Å². The summed E-state index contributed by atoms with van der Waals surface area (Å²) in [6.45, 7) is 7.72. The van der Waals surface area contributed by atoms with E-state index in [0.29, 0.717) is 24.0 Å². The number of hydrazine groups is 1. The molecule has 0 aliphatic heterocycles. The largest absolute Gasteiger partial charge is 0.474 e. The van der Waals surface area contributed by atoms with Gasteiger partial charge in [0.25, 0.3) is 5.88 Å². The maximum absolute atomic E-state index is 5.72. The molecule has 0 amide bonds. The summed E-state index contributed by atoms with van der Waals surface area (Å²) in [4.78, 5) is 10.8. The quantitative estimate of drug-likeness (QED) is 0.567. The van der Waals surface area contributed by atoms with Crippen molar-refractivity contribution in [3.05, 3.63) is 18.6 Å². The first kappa shape index (κ1) is 13.6. The molecule has 0 atom stereocenters. The van der Waals surface area contributed by atoms with Crippen molar-refractivity contribution in [3.8, 4) is 5.88 Å². The van der Waals surface area contributed by atoms with Crippen LogP contribution in [0.25, 0.3) is 5.65 Å². The Kier molecular flexibility index (Phi) is 4.53. The summed E-state index contributed by atoms with van der Waals surface area (Å²) in [7, 11) is 0. The second kappa shape index (κ2) is 6.35. The third-order valence-electron chi connectivity index (χ3n) is 3.03. The molecule has 0 aromatic carbocycles. The number of imidazole rings is 1. The fraction of sp³-hybridized carbons (Fsp3) is 0.500. The van der Waals surface area contributed by atoms with Gasteiger partial charge in [0.15, 0.2) is 5.82 Å². The Labute approximate surface area is 112 Å². The molecule has 2 rings (SSSR count). The summed E-state index contributed by atoms with van der Waals surface area (Å²) >= 11 is 0. The van der Waals surface area contributed by atoms with Gasteiger partial charge in [0.2, 0.25) is 5.65 Å². The predicted molar refractivity (Wildman–Crippen MR) is 74.1 cm³/mol. The minimum Gasteiger partial charge on any atom is -0.474 e. The van der Waals surface area contributed by atoms with Crippen LogP contribution in [0.2, 0.25) is 0 Å². The molecular formula is C12H20N6O. The van der Waals surface area contributed by atoms with E-state index in [0.717, 1.165) is 19.6 Å². The lowest BCUT2D eigenvalue weighted by Gasteiger charge is -2.17. The Balaban J connectivity index is 2.08. The van der Waals surface area contributed by atoms with Gasteiger partial charge in [0.05, 0.1) is 6.20 Å². The highest BCUT2D eigenvalue weighted by atomic mass is 16.5. The second-order valence-corrected chi connectivity index (χ2v) is 4.11. The third-order valence-corrected chi connectivity index (χ3v) is 3.03. The highest BCUT2D eigenvalue weighted by Crippen LogP contribution is 2.17. The zero-order chi connectivity index (χ0) is 13.7. The molecule has 0 spiro atoms. The Morgan fingerprint density at radius 2 is 2.21 bits per heavy atom. The molecular weight excluding hydrogens is 244 g/mol. The second-order valence-electron chi connectivity index (χ2n) is 4.11. The minimum atomic E-state index is 0.493. The summed E-state index contributed by atoms with van der Waals surface area (Å²) in [5.41, 5.74) is 3.21. The topological polar surface area (TPSA) is 80.7 Å². The number of likely N-dealkylation sites (N-methyl/N-ethyl adjacent to an activating group) is 1. The fourth-order valence-electron chi connectivity index (χ4n) is 1.88. The lowest BCUT2D eigenvalue weighted by atomic mass is 10.5. The van der Waals surface area contributed by atoms with Crippen LogP contribution in [0.15, 0.2) is 18.6 Å². The molecule has 2 aromatic heterocycles. The number of anilines is 1. The van der Waals surface area contributed by atoms with Gasteiger partial charge in [0, 0.05) is 18.9 Å². The molecule has 2 heterocycles. The molecule has 0 saturated carbocycles. The molecule has 0 bridgehead atoms. The molecule has 0 fully saturated rings. The molecule has 7 nitrogen and oxygen atoms in total. The number of nitrogens with one attached hydrogen (secondary N) is 1. The van der Waals surface area contributed by atoms with E-state index in [2.05, 4.69) is 34.1 Å². The van der Waals surface area contributed by atoms with E-state index < -0.39 is 0 Å². The predicted octanol–water partition coefficient (Wildman–Crippen LogP) is 0.736. The van der Waals surface area contributed by atoms with Crippen LogP contribution in [0.3, 0.4) is 0 Å². The number of hydrogen-bond donors (Lipinski definition) is 2. The lowest BCUT2D eigenvalue weighted by Crippen LogP contribution is -2.28. The average molecular weight is 264 g/mol. The average Bonchev–Trinajstić information content (AvgIpc) is 2.91. The Hall–Kier alpha value is -1.86. The third kappa shape index (κ3) is 3.12. The summed E-state index contributed by atoms with van der Waals surface area (Å²) in [5, 5.41) is 0. The molecule has 0 saturated heterocycles. The number of nitrogen functional groups attached to an aromatic ring is 1. The summed E-state index contributed by atoms with van der Waals surface area (Å²) in [6.07, 6.45) is 5.29.